The maximum atomic E-state index is 6.17. The van der Waals surface area contributed by atoms with Crippen LogP contribution >= 0.6 is 11.6 Å². The van der Waals surface area contributed by atoms with Gasteiger partial charge in [-0.05, 0) is 37.1 Å². The van der Waals surface area contributed by atoms with Crippen molar-refractivity contribution >= 4 is 34.0 Å². The summed E-state index contributed by atoms with van der Waals surface area (Å²) in [6.07, 6.45) is 5.18. The monoisotopic (exact) mass is 259 g/mol. The van der Waals surface area contributed by atoms with E-state index in [2.05, 4.69) is 15.3 Å². The van der Waals surface area contributed by atoms with Crippen molar-refractivity contribution in [2.24, 2.45) is 4.99 Å². The quantitative estimate of drug-likeness (QED) is 0.844. The van der Waals surface area contributed by atoms with Gasteiger partial charge in [0.1, 0.15) is 5.84 Å². The maximum Gasteiger partial charge on any atom is 0.101 e. The Kier molecular flexibility index (Phi) is 3.15. The highest BCUT2D eigenvalue weighted by molar-refractivity contribution is 6.35. The number of amidine groups is 1. The number of hydrogen-bond acceptors (Lipinski definition) is 3. The van der Waals surface area contributed by atoms with Gasteiger partial charge in [0.15, 0.2) is 0 Å². The summed E-state index contributed by atoms with van der Waals surface area (Å²) < 4.78 is 0. The van der Waals surface area contributed by atoms with E-state index in [1.165, 1.54) is 12.8 Å². The van der Waals surface area contributed by atoms with Crippen LogP contribution in [0.15, 0.2) is 35.5 Å². The summed E-state index contributed by atoms with van der Waals surface area (Å²) in [6.45, 7) is 0.918. The molecule has 0 aliphatic carbocycles. The van der Waals surface area contributed by atoms with Crippen molar-refractivity contribution in [1.82, 2.24) is 4.98 Å². The topological polar surface area (TPSA) is 37.3 Å². The van der Waals surface area contributed by atoms with Crippen molar-refractivity contribution in [2.75, 3.05) is 11.9 Å². The predicted octanol–water partition coefficient (Wildman–Crippen LogP) is 3.88. The number of fused-ring (bicyclic) bond motifs is 1. The average molecular weight is 260 g/mol. The third-order valence-corrected chi connectivity index (χ3v) is 3.45. The second-order valence-corrected chi connectivity index (χ2v) is 4.81. The van der Waals surface area contributed by atoms with Crippen LogP contribution in [0.3, 0.4) is 0 Å². The van der Waals surface area contributed by atoms with Gasteiger partial charge in [0.05, 0.1) is 16.2 Å². The summed E-state index contributed by atoms with van der Waals surface area (Å²) in [5.41, 5.74) is 1.88. The number of pyridine rings is 1. The fourth-order valence-electron chi connectivity index (χ4n) is 2.19. The molecular formula is C14H14ClN3. The summed E-state index contributed by atoms with van der Waals surface area (Å²) in [7, 11) is 0. The van der Waals surface area contributed by atoms with Gasteiger partial charge in [0.25, 0.3) is 0 Å². The molecule has 0 unspecified atom stereocenters. The number of benzene rings is 1. The Balaban J connectivity index is 2.01. The van der Waals surface area contributed by atoms with E-state index in [1.54, 1.807) is 6.20 Å². The number of anilines is 1. The Morgan fingerprint density at radius 2 is 2.11 bits per heavy atom. The summed E-state index contributed by atoms with van der Waals surface area (Å²) in [4.78, 5) is 8.90. The smallest absolute Gasteiger partial charge is 0.101 e. The van der Waals surface area contributed by atoms with E-state index in [4.69, 9.17) is 11.6 Å². The Labute approximate surface area is 111 Å². The zero-order chi connectivity index (χ0) is 12.4. The fourth-order valence-corrected chi connectivity index (χ4v) is 2.41. The zero-order valence-corrected chi connectivity index (χ0v) is 10.7. The second kappa shape index (κ2) is 4.94. The van der Waals surface area contributed by atoms with Crippen LogP contribution in [0, 0.1) is 0 Å². The van der Waals surface area contributed by atoms with Crippen LogP contribution in [0.5, 0.6) is 0 Å². The summed E-state index contributed by atoms with van der Waals surface area (Å²) in [6, 6.07) is 7.75. The Bertz CT molecular complexity index is 607. The first-order valence-corrected chi connectivity index (χ1v) is 6.56. The molecule has 0 fully saturated rings. The van der Waals surface area contributed by atoms with E-state index in [-0.39, 0.29) is 0 Å². The van der Waals surface area contributed by atoms with Gasteiger partial charge in [-0.15, -0.1) is 0 Å². The van der Waals surface area contributed by atoms with E-state index < -0.39 is 0 Å². The average Bonchev–Trinajstić information content (AvgIpc) is 2.44. The zero-order valence-electron chi connectivity index (χ0n) is 9.99. The van der Waals surface area contributed by atoms with Gasteiger partial charge >= 0.3 is 0 Å². The molecule has 3 rings (SSSR count). The summed E-state index contributed by atoms with van der Waals surface area (Å²) >= 11 is 6.17. The fraction of sp³-hybridized carbons (Fsp3) is 0.286. The number of rotatable bonds is 1. The highest BCUT2D eigenvalue weighted by Crippen LogP contribution is 2.28. The highest BCUT2D eigenvalue weighted by Gasteiger charge is 2.09. The maximum absolute atomic E-state index is 6.17. The molecule has 92 valence electrons. The number of nitrogens with one attached hydrogen (secondary N) is 1. The van der Waals surface area contributed by atoms with Gasteiger partial charge in [0, 0.05) is 24.5 Å². The molecule has 1 N–H and O–H groups in total. The molecule has 18 heavy (non-hydrogen) atoms. The number of aromatic nitrogens is 1. The minimum atomic E-state index is 0.731. The van der Waals surface area contributed by atoms with Gasteiger partial charge in [-0.1, -0.05) is 11.6 Å². The van der Waals surface area contributed by atoms with Crippen LogP contribution in [-0.4, -0.2) is 17.4 Å². The van der Waals surface area contributed by atoms with Gasteiger partial charge in [-0.25, -0.2) is 0 Å². The molecule has 1 aliphatic heterocycles. The van der Waals surface area contributed by atoms with E-state index in [0.717, 1.165) is 40.4 Å². The van der Waals surface area contributed by atoms with Crippen molar-refractivity contribution in [3.05, 3.63) is 35.5 Å². The standard InChI is InChI=1S/C14H14ClN3/c15-11-6-7-12(14-10(11)4-3-9-17-14)18-13-5-1-2-8-16-13/h3-4,6-7,9H,1-2,5,8H2,(H,16,18). The normalized spacial score (nSPS) is 15.5. The number of halogens is 1. The Hall–Kier alpha value is -1.61. The molecule has 0 radical (unpaired) electrons. The van der Waals surface area contributed by atoms with Gasteiger partial charge in [0.2, 0.25) is 0 Å². The first-order chi connectivity index (χ1) is 8.84. The van der Waals surface area contributed by atoms with Crippen LogP contribution in [0.4, 0.5) is 5.69 Å². The summed E-state index contributed by atoms with van der Waals surface area (Å²) in [5.74, 6) is 1.05. The largest absolute Gasteiger partial charge is 0.342 e. The van der Waals surface area contributed by atoms with E-state index in [0.29, 0.717) is 0 Å². The summed E-state index contributed by atoms with van der Waals surface area (Å²) in [5, 5.41) is 5.08. The molecule has 0 bridgehead atoms. The second-order valence-electron chi connectivity index (χ2n) is 4.41. The minimum Gasteiger partial charge on any atom is -0.342 e. The molecule has 2 heterocycles. The molecule has 2 aromatic rings. The van der Waals surface area contributed by atoms with Crippen LogP contribution < -0.4 is 5.32 Å². The van der Waals surface area contributed by atoms with Crippen molar-refractivity contribution in [3.8, 4) is 0 Å². The molecule has 3 nitrogen and oxygen atoms in total. The van der Waals surface area contributed by atoms with Crippen molar-refractivity contribution in [1.29, 1.82) is 0 Å². The molecule has 1 aromatic heterocycles. The highest BCUT2D eigenvalue weighted by atomic mass is 35.5. The molecule has 4 heteroatoms. The van der Waals surface area contributed by atoms with E-state index in [1.807, 2.05) is 24.3 Å². The van der Waals surface area contributed by atoms with Gasteiger partial charge < -0.3 is 5.32 Å². The molecule has 0 atom stereocenters. The van der Waals surface area contributed by atoms with Crippen LogP contribution in [0.25, 0.3) is 10.9 Å². The molecular weight excluding hydrogens is 246 g/mol. The predicted molar refractivity (Wildman–Crippen MR) is 76.5 cm³/mol. The lowest BCUT2D eigenvalue weighted by Crippen LogP contribution is -2.16. The molecule has 0 saturated carbocycles. The molecule has 1 aliphatic rings. The van der Waals surface area contributed by atoms with Gasteiger partial charge in [-0.2, -0.15) is 0 Å². The minimum absolute atomic E-state index is 0.731. The molecule has 0 amide bonds. The third-order valence-electron chi connectivity index (χ3n) is 3.12. The van der Waals surface area contributed by atoms with Gasteiger partial charge in [-0.3, -0.25) is 9.98 Å². The van der Waals surface area contributed by atoms with E-state index in [9.17, 15) is 0 Å². The van der Waals surface area contributed by atoms with Crippen LogP contribution in [-0.2, 0) is 0 Å². The van der Waals surface area contributed by atoms with Crippen molar-refractivity contribution in [3.63, 3.8) is 0 Å². The Morgan fingerprint density at radius 3 is 2.94 bits per heavy atom. The van der Waals surface area contributed by atoms with Crippen LogP contribution in [0.1, 0.15) is 19.3 Å². The number of aliphatic imine (C=N–C) groups is 1. The SMILES string of the molecule is Clc1ccc(NC2=NCCCC2)c2ncccc12. The lowest BCUT2D eigenvalue weighted by molar-refractivity contribution is 0.737. The van der Waals surface area contributed by atoms with E-state index >= 15 is 0 Å². The number of nitrogens with zero attached hydrogens (tertiary/aromatic N) is 2. The molecule has 1 aromatic carbocycles. The van der Waals surface area contributed by atoms with Crippen LogP contribution in [0.2, 0.25) is 5.02 Å². The third kappa shape index (κ3) is 2.18. The molecule has 0 saturated heterocycles. The molecule has 0 spiro atoms. The lowest BCUT2D eigenvalue weighted by Gasteiger charge is -2.15. The number of hydrogen-bond donors (Lipinski definition) is 1. The lowest BCUT2D eigenvalue weighted by atomic mass is 10.1. The Morgan fingerprint density at radius 1 is 1.17 bits per heavy atom. The first kappa shape index (κ1) is 11.5. The van der Waals surface area contributed by atoms with Crippen molar-refractivity contribution in [2.45, 2.75) is 19.3 Å². The van der Waals surface area contributed by atoms with Crippen molar-refractivity contribution < 1.29 is 0 Å². The first-order valence-electron chi connectivity index (χ1n) is 6.18.